The number of benzene rings is 1. The van der Waals surface area contributed by atoms with Crippen LogP contribution in [0.25, 0.3) is 10.2 Å². The van der Waals surface area contributed by atoms with Crippen molar-refractivity contribution in [1.82, 2.24) is 9.97 Å². The average molecular weight is 290 g/mol. The second kappa shape index (κ2) is 5.07. The molecule has 0 bridgehead atoms. The van der Waals surface area contributed by atoms with Crippen molar-refractivity contribution in [2.45, 2.75) is 10.6 Å². The lowest BCUT2D eigenvalue weighted by molar-refractivity contribution is 0.462. The Hall–Kier alpha value is -1.79. The summed E-state index contributed by atoms with van der Waals surface area (Å²) in [6.07, 6.45) is 0. The van der Waals surface area contributed by atoms with Gasteiger partial charge in [-0.1, -0.05) is 12.1 Å². The summed E-state index contributed by atoms with van der Waals surface area (Å²) in [4.78, 5) is 19.7. The molecule has 0 radical (unpaired) electrons. The molecule has 2 N–H and O–H groups in total. The Morgan fingerprint density at radius 3 is 3.00 bits per heavy atom. The predicted octanol–water partition coefficient (Wildman–Crippen LogP) is 2.98. The highest BCUT2D eigenvalue weighted by Crippen LogP contribution is 2.29. The molecule has 6 heteroatoms. The third-order valence-electron chi connectivity index (χ3n) is 2.59. The quantitative estimate of drug-likeness (QED) is 0.728. The molecule has 0 spiro atoms. The minimum Gasteiger partial charge on any atom is -0.507 e. The Kier molecular flexibility index (Phi) is 3.27. The molecule has 3 aromatic rings. The molecule has 3 rings (SSSR count). The van der Waals surface area contributed by atoms with E-state index < -0.39 is 0 Å². The largest absolute Gasteiger partial charge is 0.507 e. The van der Waals surface area contributed by atoms with Gasteiger partial charge in [0, 0.05) is 4.90 Å². The van der Waals surface area contributed by atoms with E-state index in [1.807, 2.05) is 23.6 Å². The number of nitrogens with one attached hydrogen (secondary N) is 1. The number of hydrogen-bond donors (Lipinski definition) is 2. The van der Waals surface area contributed by atoms with Crippen molar-refractivity contribution >= 4 is 33.3 Å². The molecule has 0 aliphatic rings. The first-order chi connectivity index (χ1) is 9.24. The number of para-hydroxylation sites is 1. The number of phenols is 1. The molecule has 2 aromatic heterocycles. The van der Waals surface area contributed by atoms with E-state index in [1.54, 1.807) is 12.1 Å². The van der Waals surface area contributed by atoms with Crippen molar-refractivity contribution in [3.05, 3.63) is 51.9 Å². The van der Waals surface area contributed by atoms with Crippen molar-refractivity contribution in [1.29, 1.82) is 0 Å². The Morgan fingerprint density at radius 1 is 1.32 bits per heavy atom. The van der Waals surface area contributed by atoms with Gasteiger partial charge in [0.2, 0.25) is 0 Å². The second-order valence-electron chi connectivity index (χ2n) is 3.90. The molecule has 0 unspecified atom stereocenters. The van der Waals surface area contributed by atoms with Gasteiger partial charge in [0.15, 0.2) is 0 Å². The molecule has 19 heavy (non-hydrogen) atoms. The number of thioether (sulfide) groups is 1. The van der Waals surface area contributed by atoms with E-state index in [2.05, 4.69) is 9.97 Å². The monoisotopic (exact) mass is 290 g/mol. The van der Waals surface area contributed by atoms with Crippen molar-refractivity contribution in [3.8, 4) is 5.75 Å². The highest BCUT2D eigenvalue weighted by Gasteiger charge is 2.06. The van der Waals surface area contributed by atoms with E-state index in [4.69, 9.17) is 0 Å². The molecule has 2 heterocycles. The maximum absolute atomic E-state index is 11.8. The summed E-state index contributed by atoms with van der Waals surface area (Å²) in [5, 5.41) is 11.5. The molecule has 0 fully saturated rings. The molecule has 0 atom stereocenters. The lowest BCUT2D eigenvalue weighted by Gasteiger charge is -2.03. The van der Waals surface area contributed by atoms with Gasteiger partial charge in [-0.25, -0.2) is 4.98 Å². The number of fused-ring (bicyclic) bond motifs is 1. The zero-order valence-electron chi connectivity index (χ0n) is 9.79. The van der Waals surface area contributed by atoms with Crippen LogP contribution in [0.4, 0.5) is 0 Å². The first-order valence-electron chi connectivity index (χ1n) is 5.61. The van der Waals surface area contributed by atoms with Gasteiger partial charge >= 0.3 is 0 Å². The molecule has 0 saturated heterocycles. The van der Waals surface area contributed by atoms with Crippen molar-refractivity contribution < 1.29 is 5.11 Å². The van der Waals surface area contributed by atoms with Crippen LogP contribution in [-0.4, -0.2) is 15.1 Å². The van der Waals surface area contributed by atoms with Gasteiger partial charge in [0.25, 0.3) is 5.56 Å². The van der Waals surface area contributed by atoms with Gasteiger partial charge in [0.1, 0.15) is 16.3 Å². The minimum absolute atomic E-state index is 0.104. The number of aromatic hydroxyl groups is 1. The number of H-pyrrole nitrogens is 1. The van der Waals surface area contributed by atoms with Gasteiger partial charge in [-0.05, 0) is 23.6 Å². The lowest BCUT2D eigenvalue weighted by atomic mass is 10.3. The highest BCUT2D eigenvalue weighted by atomic mass is 32.2. The summed E-state index contributed by atoms with van der Waals surface area (Å²) in [7, 11) is 0. The maximum atomic E-state index is 11.8. The van der Waals surface area contributed by atoms with Crippen LogP contribution in [0.1, 0.15) is 5.82 Å². The van der Waals surface area contributed by atoms with Crippen molar-refractivity contribution in [2.24, 2.45) is 0 Å². The zero-order chi connectivity index (χ0) is 13.2. The summed E-state index contributed by atoms with van der Waals surface area (Å²) < 4.78 is 0.649. The van der Waals surface area contributed by atoms with Crippen LogP contribution in [0.3, 0.4) is 0 Å². The molecule has 0 aliphatic heterocycles. The number of phenolic OH excluding ortho intramolecular Hbond substituents is 1. The first kappa shape index (κ1) is 12.3. The van der Waals surface area contributed by atoms with Crippen molar-refractivity contribution in [3.63, 3.8) is 0 Å². The fraction of sp³-hybridized carbons (Fsp3) is 0.0769. The number of hydrogen-bond acceptors (Lipinski definition) is 5. The second-order valence-corrected chi connectivity index (χ2v) is 5.84. The molecule has 96 valence electrons. The summed E-state index contributed by atoms with van der Waals surface area (Å²) in [5.41, 5.74) is 0.620. The molecular formula is C13H10N2O2S2. The van der Waals surface area contributed by atoms with Gasteiger partial charge in [-0.15, -0.1) is 23.1 Å². The highest BCUT2D eigenvalue weighted by molar-refractivity contribution is 7.98. The molecule has 4 nitrogen and oxygen atoms in total. The van der Waals surface area contributed by atoms with Gasteiger partial charge < -0.3 is 10.1 Å². The number of aromatic nitrogens is 2. The third-order valence-corrected chi connectivity index (χ3v) is 4.57. The summed E-state index contributed by atoms with van der Waals surface area (Å²) in [6, 6.07) is 8.95. The number of thiophene rings is 1. The SMILES string of the molecule is O=c1[nH]c(CSc2ccccc2O)nc2ccsc12. The Labute approximate surface area is 117 Å². The number of rotatable bonds is 3. The predicted molar refractivity (Wildman–Crippen MR) is 77.9 cm³/mol. The van der Waals surface area contributed by atoms with E-state index in [-0.39, 0.29) is 11.3 Å². The summed E-state index contributed by atoms with van der Waals surface area (Å²) in [6.45, 7) is 0. The van der Waals surface area contributed by atoms with Gasteiger partial charge in [0.05, 0.1) is 11.3 Å². The Balaban J connectivity index is 1.86. The molecule has 0 amide bonds. The fourth-order valence-electron chi connectivity index (χ4n) is 1.72. The van der Waals surface area contributed by atoms with Crippen LogP contribution in [-0.2, 0) is 5.75 Å². The third kappa shape index (κ3) is 2.50. The van der Waals surface area contributed by atoms with Crippen LogP contribution in [0, 0.1) is 0 Å². The Morgan fingerprint density at radius 2 is 2.16 bits per heavy atom. The molecule has 0 aliphatic carbocycles. The molecule has 0 saturated carbocycles. The van der Waals surface area contributed by atoms with Crippen LogP contribution in [0.5, 0.6) is 5.75 Å². The van der Waals surface area contributed by atoms with Crippen LogP contribution in [0.15, 0.2) is 45.4 Å². The first-order valence-corrected chi connectivity index (χ1v) is 7.48. The summed E-state index contributed by atoms with van der Waals surface area (Å²) >= 11 is 2.83. The Bertz CT molecular complexity index is 779. The van der Waals surface area contributed by atoms with E-state index >= 15 is 0 Å². The maximum Gasteiger partial charge on any atom is 0.268 e. The zero-order valence-corrected chi connectivity index (χ0v) is 11.4. The lowest BCUT2D eigenvalue weighted by Crippen LogP contribution is -2.09. The number of aromatic amines is 1. The van der Waals surface area contributed by atoms with Crippen LogP contribution >= 0.6 is 23.1 Å². The van der Waals surface area contributed by atoms with Crippen molar-refractivity contribution in [2.75, 3.05) is 0 Å². The number of nitrogens with zero attached hydrogens (tertiary/aromatic N) is 1. The van der Waals surface area contributed by atoms with Gasteiger partial charge in [-0.2, -0.15) is 0 Å². The van der Waals surface area contributed by atoms with Crippen LogP contribution < -0.4 is 5.56 Å². The summed E-state index contributed by atoms with van der Waals surface area (Å²) in [5.74, 6) is 1.37. The van der Waals surface area contributed by atoms with Gasteiger partial charge in [-0.3, -0.25) is 4.79 Å². The van der Waals surface area contributed by atoms with E-state index in [1.165, 1.54) is 23.1 Å². The van der Waals surface area contributed by atoms with E-state index in [0.29, 0.717) is 16.3 Å². The smallest absolute Gasteiger partial charge is 0.268 e. The fourth-order valence-corrected chi connectivity index (χ4v) is 3.26. The standard InChI is InChI=1S/C13H10N2O2S2/c16-9-3-1-2-4-10(9)19-7-11-14-8-5-6-18-12(8)13(17)15-11/h1-6,16H,7H2,(H,14,15,17). The minimum atomic E-state index is -0.104. The van der Waals surface area contributed by atoms with E-state index in [0.717, 1.165) is 10.4 Å². The normalized spacial score (nSPS) is 10.9. The molecule has 1 aromatic carbocycles. The average Bonchev–Trinajstić information content (AvgIpc) is 2.87. The van der Waals surface area contributed by atoms with E-state index in [9.17, 15) is 9.90 Å². The topological polar surface area (TPSA) is 66.0 Å². The molecular weight excluding hydrogens is 280 g/mol. The van der Waals surface area contributed by atoms with Crippen LogP contribution in [0.2, 0.25) is 0 Å².